The predicted molar refractivity (Wildman–Crippen MR) is 114 cm³/mol. The fraction of sp³-hybridized carbons (Fsp3) is 0.545. The number of nitrogens with one attached hydrogen (secondary N) is 2. The maximum Gasteiger partial charge on any atom is 0.251 e. The Bertz CT molecular complexity index is 834. The zero-order chi connectivity index (χ0) is 21.8. The van der Waals surface area contributed by atoms with E-state index in [4.69, 9.17) is 4.74 Å². The van der Waals surface area contributed by atoms with Crippen LogP contribution in [0.15, 0.2) is 29.3 Å². The standard InChI is InChI=1S/C22H30N4O4/c1-13(2)11-17(22(29)25-19-14(3)30-12-18(19)27)24-21(28)16-7-5-15(6-8-16)20-23-9-10-26(20)4/h5-8,13-14,17,19H,9-12H2,1-4H3,(H,24,28)(H,25,29)/t14-,17?,19+/m1/s1. The lowest BCUT2D eigenvalue weighted by Crippen LogP contribution is -2.53. The summed E-state index contributed by atoms with van der Waals surface area (Å²) in [6.45, 7) is 7.36. The number of Topliss-reactive ketones (excluding diaryl/α,β-unsaturated/α-hetero) is 1. The van der Waals surface area contributed by atoms with Crippen molar-refractivity contribution in [3.63, 3.8) is 0 Å². The first kappa shape index (κ1) is 22.0. The van der Waals surface area contributed by atoms with Gasteiger partial charge in [-0.1, -0.05) is 26.0 Å². The van der Waals surface area contributed by atoms with Crippen molar-refractivity contribution in [1.82, 2.24) is 15.5 Å². The van der Waals surface area contributed by atoms with E-state index in [1.54, 1.807) is 19.1 Å². The van der Waals surface area contributed by atoms with Crippen LogP contribution in [-0.2, 0) is 14.3 Å². The van der Waals surface area contributed by atoms with E-state index in [1.165, 1.54) is 0 Å². The summed E-state index contributed by atoms with van der Waals surface area (Å²) < 4.78 is 5.29. The van der Waals surface area contributed by atoms with Gasteiger partial charge >= 0.3 is 0 Å². The quantitative estimate of drug-likeness (QED) is 0.693. The molecule has 30 heavy (non-hydrogen) atoms. The topological polar surface area (TPSA) is 100 Å². The Morgan fingerprint density at radius 2 is 1.97 bits per heavy atom. The fourth-order valence-corrected chi connectivity index (χ4v) is 3.67. The van der Waals surface area contributed by atoms with Crippen LogP contribution in [0.1, 0.15) is 43.1 Å². The SMILES string of the molecule is CC(C)CC(NC(=O)c1ccc(C2=NCCN2C)cc1)C(=O)N[C@@H]1C(=O)CO[C@@H]1C. The molecule has 162 valence electrons. The minimum absolute atomic E-state index is 0.000147. The number of hydrogen-bond acceptors (Lipinski definition) is 6. The molecular formula is C22H30N4O4. The van der Waals surface area contributed by atoms with E-state index in [2.05, 4.69) is 20.5 Å². The number of carbonyl (C=O) groups is 3. The molecule has 2 amide bonds. The van der Waals surface area contributed by atoms with Crippen LogP contribution in [0.5, 0.6) is 0 Å². The van der Waals surface area contributed by atoms with Crippen molar-refractivity contribution in [2.75, 3.05) is 26.7 Å². The van der Waals surface area contributed by atoms with Gasteiger partial charge in [-0.3, -0.25) is 19.4 Å². The minimum Gasteiger partial charge on any atom is -0.368 e. The first-order valence-electron chi connectivity index (χ1n) is 10.4. The van der Waals surface area contributed by atoms with Crippen molar-refractivity contribution < 1.29 is 19.1 Å². The normalized spacial score (nSPS) is 22.2. The van der Waals surface area contributed by atoms with Gasteiger partial charge in [0.15, 0.2) is 5.78 Å². The van der Waals surface area contributed by atoms with Gasteiger partial charge in [0.1, 0.15) is 24.5 Å². The van der Waals surface area contributed by atoms with Gasteiger partial charge in [0.05, 0.1) is 12.6 Å². The van der Waals surface area contributed by atoms with E-state index < -0.39 is 12.1 Å². The van der Waals surface area contributed by atoms with E-state index in [-0.39, 0.29) is 36.2 Å². The highest BCUT2D eigenvalue weighted by Gasteiger charge is 2.35. The van der Waals surface area contributed by atoms with E-state index in [9.17, 15) is 14.4 Å². The van der Waals surface area contributed by atoms with Crippen LogP contribution >= 0.6 is 0 Å². The highest BCUT2D eigenvalue weighted by molar-refractivity contribution is 6.02. The maximum atomic E-state index is 12.8. The molecule has 2 heterocycles. The van der Waals surface area contributed by atoms with Gasteiger partial charge in [0, 0.05) is 24.7 Å². The number of carbonyl (C=O) groups excluding carboxylic acids is 3. The molecule has 8 heteroatoms. The van der Waals surface area contributed by atoms with Crippen LogP contribution in [0.3, 0.4) is 0 Å². The number of benzene rings is 1. The molecule has 1 aromatic carbocycles. The molecule has 1 unspecified atom stereocenters. The Hall–Kier alpha value is -2.74. The van der Waals surface area contributed by atoms with Crippen molar-refractivity contribution >= 4 is 23.4 Å². The minimum atomic E-state index is -0.733. The Kier molecular flexibility index (Phi) is 6.87. The number of ether oxygens (including phenoxy) is 1. The maximum absolute atomic E-state index is 12.8. The number of hydrogen-bond donors (Lipinski definition) is 2. The lowest BCUT2D eigenvalue weighted by molar-refractivity contribution is -0.127. The van der Waals surface area contributed by atoms with Gasteiger partial charge in [0.2, 0.25) is 5.91 Å². The van der Waals surface area contributed by atoms with Gasteiger partial charge < -0.3 is 20.3 Å². The molecule has 3 rings (SSSR count). The smallest absolute Gasteiger partial charge is 0.251 e. The highest BCUT2D eigenvalue weighted by Crippen LogP contribution is 2.14. The number of rotatable bonds is 7. The molecule has 1 saturated heterocycles. The Labute approximate surface area is 177 Å². The molecule has 1 fully saturated rings. The highest BCUT2D eigenvalue weighted by atomic mass is 16.5. The fourth-order valence-electron chi connectivity index (χ4n) is 3.67. The van der Waals surface area contributed by atoms with Gasteiger partial charge in [0.25, 0.3) is 5.91 Å². The number of nitrogens with zero attached hydrogens (tertiary/aromatic N) is 2. The van der Waals surface area contributed by atoms with E-state index in [0.717, 1.165) is 24.5 Å². The second-order valence-electron chi connectivity index (χ2n) is 8.33. The molecular weight excluding hydrogens is 384 g/mol. The van der Waals surface area contributed by atoms with Crippen LogP contribution in [0.25, 0.3) is 0 Å². The molecule has 0 aromatic heterocycles. The lowest BCUT2D eigenvalue weighted by atomic mass is 10.0. The Morgan fingerprint density at radius 1 is 1.27 bits per heavy atom. The summed E-state index contributed by atoms with van der Waals surface area (Å²) in [5.41, 5.74) is 1.42. The summed E-state index contributed by atoms with van der Waals surface area (Å²) in [6, 6.07) is 5.79. The first-order valence-corrected chi connectivity index (χ1v) is 10.4. The molecule has 2 N–H and O–H groups in total. The number of aliphatic imine (C=N–C) groups is 1. The molecule has 3 atom stereocenters. The number of amidine groups is 1. The van der Waals surface area contributed by atoms with E-state index in [1.807, 2.05) is 33.0 Å². The van der Waals surface area contributed by atoms with Crippen LogP contribution in [0.4, 0.5) is 0 Å². The molecule has 1 aromatic rings. The van der Waals surface area contributed by atoms with Crippen LogP contribution in [0, 0.1) is 5.92 Å². The summed E-state index contributed by atoms with van der Waals surface area (Å²) in [4.78, 5) is 44.1. The molecule has 0 spiro atoms. The van der Waals surface area contributed by atoms with Crippen molar-refractivity contribution in [2.24, 2.45) is 10.9 Å². The average Bonchev–Trinajstić information content (AvgIpc) is 3.27. The molecule has 0 radical (unpaired) electrons. The van der Waals surface area contributed by atoms with Crippen LogP contribution < -0.4 is 10.6 Å². The van der Waals surface area contributed by atoms with Crippen LogP contribution in [0.2, 0.25) is 0 Å². The average molecular weight is 415 g/mol. The van der Waals surface area contributed by atoms with Crippen molar-refractivity contribution in [2.45, 2.75) is 45.4 Å². The number of ketones is 1. The summed E-state index contributed by atoms with van der Waals surface area (Å²) in [6.07, 6.45) is 0.0916. The van der Waals surface area contributed by atoms with Gasteiger partial charge in [-0.25, -0.2) is 0 Å². The van der Waals surface area contributed by atoms with Crippen molar-refractivity contribution in [3.05, 3.63) is 35.4 Å². The number of likely N-dealkylation sites (N-methyl/N-ethyl adjacent to an activating group) is 1. The third-order valence-electron chi connectivity index (χ3n) is 5.40. The summed E-state index contributed by atoms with van der Waals surface area (Å²) in [7, 11) is 1.99. The van der Waals surface area contributed by atoms with Crippen molar-refractivity contribution in [1.29, 1.82) is 0 Å². The third-order valence-corrected chi connectivity index (χ3v) is 5.40. The molecule has 0 bridgehead atoms. The predicted octanol–water partition coefficient (Wildman–Crippen LogP) is 0.996. The summed E-state index contributed by atoms with van der Waals surface area (Å²) in [5, 5.41) is 5.56. The zero-order valence-electron chi connectivity index (χ0n) is 18.0. The lowest BCUT2D eigenvalue weighted by Gasteiger charge is -2.23. The molecule has 0 saturated carbocycles. The Balaban J connectivity index is 1.67. The van der Waals surface area contributed by atoms with Gasteiger partial charge in [-0.15, -0.1) is 0 Å². The second kappa shape index (κ2) is 9.38. The third kappa shape index (κ3) is 5.05. The van der Waals surface area contributed by atoms with Gasteiger partial charge in [-0.05, 0) is 31.4 Å². The zero-order valence-corrected chi connectivity index (χ0v) is 18.0. The molecule has 8 nitrogen and oxygen atoms in total. The summed E-state index contributed by atoms with van der Waals surface area (Å²) >= 11 is 0. The Morgan fingerprint density at radius 3 is 2.50 bits per heavy atom. The van der Waals surface area contributed by atoms with Gasteiger partial charge in [-0.2, -0.15) is 0 Å². The van der Waals surface area contributed by atoms with Crippen LogP contribution in [-0.4, -0.2) is 73.3 Å². The molecule has 2 aliphatic rings. The largest absolute Gasteiger partial charge is 0.368 e. The van der Waals surface area contributed by atoms with E-state index >= 15 is 0 Å². The number of amides is 2. The monoisotopic (exact) mass is 414 g/mol. The van der Waals surface area contributed by atoms with Crippen molar-refractivity contribution in [3.8, 4) is 0 Å². The van der Waals surface area contributed by atoms with E-state index in [0.29, 0.717) is 12.0 Å². The second-order valence-corrected chi connectivity index (χ2v) is 8.33. The molecule has 2 aliphatic heterocycles. The molecule has 0 aliphatic carbocycles. The first-order chi connectivity index (χ1) is 14.3. The summed E-state index contributed by atoms with van der Waals surface area (Å²) in [5.74, 6) is 0.252.